The Balaban J connectivity index is 1.18. The van der Waals surface area contributed by atoms with Crippen molar-refractivity contribution < 1.29 is 14.0 Å². The third-order valence-corrected chi connectivity index (χ3v) is 6.87. The molecule has 6 rings (SSSR count). The van der Waals surface area contributed by atoms with Crippen LogP contribution in [0.5, 0.6) is 0 Å². The summed E-state index contributed by atoms with van der Waals surface area (Å²) in [4.78, 5) is 42.5. The summed E-state index contributed by atoms with van der Waals surface area (Å²) in [5, 5.41) is 10.1. The summed E-state index contributed by atoms with van der Waals surface area (Å²) >= 11 is 0. The molecule has 1 aliphatic rings. The number of nitrogens with zero attached hydrogens (tertiary/aromatic N) is 6. The highest BCUT2D eigenvalue weighted by molar-refractivity contribution is 5.94. The molecule has 3 aromatic heterocycles. The fourth-order valence-corrected chi connectivity index (χ4v) is 5.00. The number of carbonyl (C=O) groups is 2. The molecule has 1 atom stereocenters. The van der Waals surface area contributed by atoms with Crippen LogP contribution in [0.4, 0.5) is 5.69 Å². The van der Waals surface area contributed by atoms with Crippen LogP contribution in [-0.4, -0.2) is 72.9 Å². The minimum atomic E-state index is -0.162. The van der Waals surface area contributed by atoms with Crippen molar-refractivity contribution in [1.82, 2.24) is 34.9 Å². The maximum absolute atomic E-state index is 13.4. The van der Waals surface area contributed by atoms with Crippen LogP contribution in [0.3, 0.4) is 0 Å². The number of fused-ring (bicyclic) bond motifs is 1. The highest BCUT2D eigenvalue weighted by Gasteiger charge is 2.31. The molecular weight excluding hydrogens is 508 g/mol. The number of aromatic nitrogens is 5. The molecule has 1 fully saturated rings. The lowest BCUT2D eigenvalue weighted by Gasteiger charge is -2.38. The maximum atomic E-state index is 13.4. The van der Waals surface area contributed by atoms with E-state index in [0.29, 0.717) is 60.1 Å². The second-order valence-electron chi connectivity index (χ2n) is 9.73. The number of anilines is 1. The zero-order valence-corrected chi connectivity index (χ0v) is 22.2. The molecule has 4 heterocycles. The van der Waals surface area contributed by atoms with Gasteiger partial charge in [-0.25, -0.2) is 9.97 Å². The van der Waals surface area contributed by atoms with Crippen LogP contribution in [-0.2, 0) is 4.79 Å². The first-order valence-corrected chi connectivity index (χ1v) is 13.1. The lowest BCUT2D eigenvalue weighted by atomic mass is 10.0. The highest BCUT2D eigenvalue weighted by atomic mass is 16.3. The van der Waals surface area contributed by atoms with Crippen LogP contribution in [0.15, 0.2) is 71.3 Å². The number of piperazine rings is 1. The van der Waals surface area contributed by atoms with Crippen LogP contribution in [0.1, 0.15) is 40.7 Å². The molecule has 2 N–H and O–H groups in total. The summed E-state index contributed by atoms with van der Waals surface area (Å²) in [5.74, 6) is 1.56. The Morgan fingerprint density at radius 1 is 1.00 bits per heavy atom. The number of carbonyl (C=O) groups excluding carboxylic acids is 2. The van der Waals surface area contributed by atoms with Crippen LogP contribution in [0.25, 0.3) is 22.6 Å². The van der Waals surface area contributed by atoms with Gasteiger partial charge in [0, 0.05) is 50.6 Å². The zero-order chi connectivity index (χ0) is 27.6. The predicted octanol–water partition coefficient (Wildman–Crippen LogP) is 3.82. The van der Waals surface area contributed by atoms with Crippen LogP contribution >= 0.6 is 0 Å². The van der Waals surface area contributed by atoms with Gasteiger partial charge in [-0.15, -0.1) is 0 Å². The van der Waals surface area contributed by atoms with Crippen molar-refractivity contribution in [3.63, 3.8) is 0 Å². The molecule has 2 aromatic carbocycles. The molecule has 11 nitrogen and oxygen atoms in total. The Bertz CT molecular complexity index is 1670. The number of nitrogens with one attached hydrogen (secondary N) is 2. The molecule has 0 aliphatic carbocycles. The molecule has 1 saturated heterocycles. The van der Waals surface area contributed by atoms with E-state index in [0.717, 1.165) is 17.2 Å². The van der Waals surface area contributed by atoms with E-state index >= 15 is 0 Å². The summed E-state index contributed by atoms with van der Waals surface area (Å²) in [6.45, 7) is 5.77. The molecule has 0 bridgehead atoms. The number of pyridine rings is 1. The van der Waals surface area contributed by atoms with Crippen LogP contribution < -0.4 is 5.32 Å². The Kier molecular flexibility index (Phi) is 6.79. The van der Waals surface area contributed by atoms with Gasteiger partial charge in [-0.1, -0.05) is 30.3 Å². The molecule has 40 heavy (non-hydrogen) atoms. The normalized spacial score (nSPS) is 14.8. The van der Waals surface area contributed by atoms with Gasteiger partial charge in [-0.05, 0) is 42.8 Å². The van der Waals surface area contributed by atoms with Gasteiger partial charge in [0.15, 0.2) is 11.4 Å². The number of benzene rings is 2. The summed E-state index contributed by atoms with van der Waals surface area (Å²) in [5.41, 5.74) is 3.92. The van der Waals surface area contributed by atoms with E-state index in [-0.39, 0.29) is 17.9 Å². The van der Waals surface area contributed by atoms with E-state index in [1.807, 2.05) is 30.0 Å². The molecule has 0 radical (unpaired) electrons. The molecule has 202 valence electrons. The first-order valence-electron chi connectivity index (χ1n) is 13.1. The zero-order valence-electron chi connectivity index (χ0n) is 22.2. The van der Waals surface area contributed by atoms with Crippen molar-refractivity contribution in [1.29, 1.82) is 0 Å². The molecule has 0 unspecified atom stereocenters. The number of hydrogen-bond acceptors (Lipinski definition) is 8. The van der Waals surface area contributed by atoms with E-state index < -0.39 is 0 Å². The largest absolute Gasteiger partial charge is 0.436 e. The number of amides is 2. The van der Waals surface area contributed by atoms with Crippen molar-refractivity contribution in [2.45, 2.75) is 19.9 Å². The van der Waals surface area contributed by atoms with Crippen molar-refractivity contribution in [2.24, 2.45) is 0 Å². The molecular formula is C29H28N8O3. The monoisotopic (exact) mass is 536 g/mol. The number of hydrogen-bond donors (Lipinski definition) is 2. The van der Waals surface area contributed by atoms with E-state index in [1.165, 1.54) is 6.92 Å². The second kappa shape index (κ2) is 10.7. The third-order valence-electron chi connectivity index (χ3n) is 6.87. The minimum Gasteiger partial charge on any atom is -0.436 e. The van der Waals surface area contributed by atoms with Gasteiger partial charge < -0.3 is 14.6 Å². The first kappa shape index (κ1) is 25.4. The topological polar surface area (TPSA) is 133 Å². The van der Waals surface area contributed by atoms with Crippen molar-refractivity contribution in [3.8, 4) is 11.5 Å². The minimum absolute atomic E-state index is 0.102. The summed E-state index contributed by atoms with van der Waals surface area (Å²) < 4.78 is 5.92. The number of aromatic amines is 1. The second-order valence-corrected chi connectivity index (χ2v) is 9.73. The number of rotatable bonds is 6. The lowest BCUT2D eigenvalue weighted by Crippen LogP contribution is -2.50. The van der Waals surface area contributed by atoms with Crippen molar-refractivity contribution in [2.75, 3.05) is 31.5 Å². The average Bonchev–Trinajstić information content (AvgIpc) is 3.59. The van der Waals surface area contributed by atoms with Crippen molar-refractivity contribution in [3.05, 3.63) is 89.8 Å². The average molecular weight is 537 g/mol. The highest BCUT2D eigenvalue weighted by Crippen LogP contribution is 2.29. The standard InChI is InChI=1S/C29H28N8O3/c1-18-31-27(35-34-18)26(20-6-4-3-5-7-20)36-12-14-37(15-13-36)29(39)24-16-21(10-11-30-24)28-33-23-17-22(32-19(2)38)8-9-25(23)40-28/h3-11,16-17,26H,12-15H2,1-2H3,(H,32,38)(H,31,34,35)/t26-/m1/s1. The molecule has 1 aliphatic heterocycles. The van der Waals surface area contributed by atoms with Gasteiger partial charge in [0.05, 0.1) is 6.04 Å². The summed E-state index contributed by atoms with van der Waals surface area (Å²) in [6, 6.07) is 18.8. The van der Waals surface area contributed by atoms with Gasteiger partial charge >= 0.3 is 0 Å². The first-order chi connectivity index (χ1) is 19.4. The van der Waals surface area contributed by atoms with Crippen LogP contribution in [0, 0.1) is 6.92 Å². The van der Waals surface area contributed by atoms with E-state index in [4.69, 9.17) is 4.42 Å². The van der Waals surface area contributed by atoms with Crippen LogP contribution in [0.2, 0.25) is 0 Å². The third kappa shape index (κ3) is 5.19. The molecule has 2 amide bonds. The quantitative estimate of drug-likeness (QED) is 0.335. The van der Waals surface area contributed by atoms with Gasteiger partial charge in [0.2, 0.25) is 11.8 Å². The fraction of sp³-hybridized carbons (Fsp3) is 0.241. The van der Waals surface area contributed by atoms with Gasteiger partial charge in [0.25, 0.3) is 5.91 Å². The van der Waals surface area contributed by atoms with E-state index in [2.05, 4.69) is 47.5 Å². The Hall–Kier alpha value is -4.90. The molecule has 0 saturated carbocycles. The Morgan fingerprint density at radius 3 is 2.52 bits per heavy atom. The summed E-state index contributed by atoms with van der Waals surface area (Å²) in [7, 11) is 0. The maximum Gasteiger partial charge on any atom is 0.272 e. The van der Waals surface area contributed by atoms with E-state index in [1.54, 1.807) is 36.5 Å². The molecule has 0 spiro atoms. The fourth-order valence-electron chi connectivity index (χ4n) is 5.00. The Labute approximate surface area is 230 Å². The van der Waals surface area contributed by atoms with Gasteiger partial charge in [-0.3, -0.25) is 24.6 Å². The Morgan fingerprint density at radius 2 is 1.80 bits per heavy atom. The summed E-state index contributed by atoms with van der Waals surface area (Å²) in [6.07, 6.45) is 1.59. The van der Waals surface area contributed by atoms with E-state index in [9.17, 15) is 9.59 Å². The lowest BCUT2D eigenvalue weighted by molar-refractivity contribution is -0.114. The number of aryl methyl sites for hydroxylation is 1. The molecule has 11 heteroatoms. The SMILES string of the molecule is CC(=O)Nc1ccc2oc(-c3ccnc(C(=O)N4CCN([C@H](c5ccccc5)c5n[nH]c(C)n5)CC4)c3)nc2c1. The van der Waals surface area contributed by atoms with Gasteiger partial charge in [-0.2, -0.15) is 5.10 Å². The predicted molar refractivity (Wildman–Crippen MR) is 148 cm³/mol. The number of oxazole rings is 1. The van der Waals surface area contributed by atoms with Crippen molar-refractivity contribution >= 4 is 28.6 Å². The smallest absolute Gasteiger partial charge is 0.272 e. The number of H-pyrrole nitrogens is 1. The van der Waals surface area contributed by atoms with Gasteiger partial charge in [0.1, 0.15) is 17.0 Å². The molecule has 5 aromatic rings.